The summed E-state index contributed by atoms with van der Waals surface area (Å²) in [6.45, 7) is 2.07. The average Bonchev–Trinajstić information content (AvgIpc) is 2.63. The van der Waals surface area contributed by atoms with Gasteiger partial charge in [-0.3, -0.25) is 9.78 Å². The zero-order valence-corrected chi connectivity index (χ0v) is 14.6. The molecule has 0 spiro atoms. The molecule has 2 aromatic rings. The molecule has 1 aromatic carbocycles. The Kier molecular flexibility index (Phi) is 5.99. The number of nitrogens with one attached hydrogen (secondary N) is 1. The first-order chi connectivity index (χ1) is 12.2. The summed E-state index contributed by atoms with van der Waals surface area (Å²) in [5.41, 5.74) is 2.45. The Morgan fingerprint density at radius 3 is 2.80 bits per heavy atom. The molecule has 1 amide bonds. The maximum Gasteiger partial charge on any atom is 0.232 e. The zero-order valence-electron chi connectivity index (χ0n) is 14.6. The lowest BCUT2D eigenvalue weighted by atomic mass is 9.92. The molecule has 1 aromatic heterocycles. The second-order valence-electron chi connectivity index (χ2n) is 6.69. The highest BCUT2D eigenvalue weighted by Crippen LogP contribution is 2.22. The second kappa shape index (κ2) is 8.60. The lowest BCUT2D eigenvalue weighted by molar-refractivity contribution is -0.122. The number of carbonyl (C=O) groups is 1. The number of nitrogens with zero attached hydrogens (tertiary/aromatic N) is 2. The van der Waals surface area contributed by atoms with Gasteiger partial charge in [-0.15, -0.1) is 0 Å². The Morgan fingerprint density at radius 2 is 2.08 bits per heavy atom. The molecule has 1 saturated carbocycles. The minimum Gasteiger partial charge on any atom is -0.473 e. The van der Waals surface area contributed by atoms with E-state index in [1.54, 1.807) is 18.6 Å². The molecule has 1 aliphatic rings. The van der Waals surface area contributed by atoms with Crippen LogP contribution in [-0.2, 0) is 11.2 Å². The van der Waals surface area contributed by atoms with Crippen molar-refractivity contribution in [3.8, 4) is 5.88 Å². The number of ether oxygens (including phenoxy) is 1. The lowest BCUT2D eigenvalue weighted by Gasteiger charge is -2.29. The quantitative estimate of drug-likeness (QED) is 0.877. The van der Waals surface area contributed by atoms with Crippen molar-refractivity contribution in [3.05, 3.63) is 54.0 Å². The largest absolute Gasteiger partial charge is 0.473 e. The van der Waals surface area contributed by atoms with Crippen LogP contribution in [0.15, 0.2) is 42.9 Å². The summed E-state index contributed by atoms with van der Waals surface area (Å²) < 4.78 is 5.84. The van der Waals surface area contributed by atoms with E-state index >= 15 is 0 Å². The highest BCUT2D eigenvalue weighted by molar-refractivity contribution is 5.76. The molecule has 5 heteroatoms. The second-order valence-corrected chi connectivity index (χ2v) is 6.69. The van der Waals surface area contributed by atoms with Crippen LogP contribution in [0.3, 0.4) is 0 Å². The Morgan fingerprint density at radius 1 is 1.24 bits per heavy atom. The molecule has 1 heterocycles. The van der Waals surface area contributed by atoms with Gasteiger partial charge in [-0.05, 0) is 44.6 Å². The molecule has 0 saturated heterocycles. The third-order valence-electron chi connectivity index (χ3n) is 4.59. The fourth-order valence-electron chi connectivity index (χ4n) is 3.27. The highest BCUT2D eigenvalue weighted by atomic mass is 16.5. The number of benzene rings is 1. The molecule has 0 atom stereocenters. The van der Waals surface area contributed by atoms with Crippen LogP contribution >= 0.6 is 0 Å². The molecule has 25 heavy (non-hydrogen) atoms. The predicted molar refractivity (Wildman–Crippen MR) is 96.3 cm³/mol. The van der Waals surface area contributed by atoms with Crippen LogP contribution < -0.4 is 10.1 Å². The van der Waals surface area contributed by atoms with E-state index in [1.165, 1.54) is 11.1 Å². The standard InChI is InChI=1S/C20H25N3O2/c1-15-3-2-4-16(13-15)5-10-19(24)23-17-6-8-18(9-7-17)25-20-14-21-11-12-22-20/h2-4,11-14,17-18H,5-10H2,1H3,(H,23,24). The van der Waals surface area contributed by atoms with Gasteiger partial charge in [0.1, 0.15) is 6.10 Å². The van der Waals surface area contributed by atoms with Crippen LogP contribution in [0.2, 0.25) is 0 Å². The maximum absolute atomic E-state index is 12.2. The van der Waals surface area contributed by atoms with Crippen LogP contribution in [0.1, 0.15) is 43.2 Å². The first-order valence-electron chi connectivity index (χ1n) is 8.96. The number of aromatic nitrogens is 2. The number of rotatable bonds is 6. The third kappa shape index (κ3) is 5.55. The summed E-state index contributed by atoms with van der Waals surface area (Å²) >= 11 is 0. The van der Waals surface area contributed by atoms with Crippen molar-refractivity contribution < 1.29 is 9.53 Å². The monoisotopic (exact) mass is 339 g/mol. The molecule has 1 N–H and O–H groups in total. The zero-order chi connectivity index (χ0) is 17.5. The first-order valence-corrected chi connectivity index (χ1v) is 8.96. The SMILES string of the molecule is Cc1cccc(CCC(=O)NC2CCC(Oc3cnccn3)CC2)c1. The van der Waals surface area contributed by atoms with Crippen LogP contribution in [0.5, 0.6) is 5.88 Å². The van der Waals surface area contributed by atoms with Crippen LogP contribution in [0.25, 0.3) is 0 Å². The van der Waals surface area contributed by atoms with Crippen LogP contribution in [0, 0.1) is 6.92 Å². The number of hydrogen-bond acceptors (Lipinski definition) is 4. The van der Waals surface area contributed by atoms with Crippen molar-refractivity contribution in [1.29, 1.82) is 0 Å². The Labute approximate surface area is 148 Å². The Balaban J connectivity index is 1.37. The summed E-state index contributed by atoms with van der Waals surface area (Å²) in [5.74, 6) is 0.716. The van der Waals surface area contributed by atoms with Gasteiger partial charge in [0, 0.05) is 24.9 Å². The van der Waals surface area contributed by atoms with Gasteiger partial charge in [-0.1, -0.05) is 29.8 Å². The maximum atomic E-state index is 12.2. The fourth-order valence-corrected chi connectivity index (χ4v) is 3.27. The van der Waals surface area contributed by atoms with E-state index < -0.39 is 0 Å². The molecule has 1 fully saturated rings. The van der Waals surface area contributed by atoms with Gasteiger partial charge in [0.05, 0.1) is 6.20 Å². The fraction of sp³-hybridized carbons (Fsp3) is 0.450. The summed E-state index contributed by atoms with van der Waals surface area (Å²) in [4.78, 5) is 20.3. The minimum absolute atomic E-state index is 0.139. The normalized spacial score (nSPS) is 20.0. The van der Waals surface area contributed by atoms with Gasteiger partial charge in [-0.2, -0.15) is 0 Å². The van der Waals surface area contributed by atoms with E-state index in [0.717, 1.165) is 32.1 Å². The topological polar surface area (TPSA) is 64.1 Å². The summed E-state index contributed by atoms with van der Waals surface area (Å²) in [6.07, 6.45) is 10.2. The number of carbonyl (C=O) groups excluding carboxylic acids is 1. The molecule has 1 aliphatic carbocycles. The summed E-state index contributed by atoms with van der Waals surface area (Å²) in [6, 6.07) is 8.59. The molecule has 3 rings (SSSR count). The third-order valence-corrected chi connectivity index (χ3v) is 4.59. The van der Waals surface area contributed by atoms with Crippen molar-refractivity contribution in [3.63, 3.8) is 0 Å². The summed E-state index contributed by atoms with van der Waals surface area (Å²) in [7, 11) is 0. The predicted octanol–water partition coefficient (Wildman–Crippen LogP) is 3.22. The first kappa shape index (κ1) is 17.4. The number of amides is 1. The van der Waals surface area contributed by atoms with Gasteiger partial charge in [0.25, 0.3) is 0 Å². The van der Waals surface area contributed by atoms with E-state index in [4.69, 9.17) is 4.74 Å². The minimum atomic E-state index is 0.139. The number of hydrogen-bond donors (Lipinski definition) is 1. The highest BCUT2D eigenvalue weighted by Gasteiger charge is 2.23. The molecule has 0 radical (unpaired) electrons. The van der Waals surface area contributed by atoms with E-state index in [1.807, 2.05) is 6.07 Å². The Bertz CT molecular complexity index is 682. The van der Waals surface area contributed by atoms with Crippen molar-refractivity contribution in [2.75, 3.05) is 0 Å². The molecule has 0 aliphatic heterocycles. The Hall–Kier alpha value is -2.43. The lowest BCUT2D eigenvalue weighted by Crippen LogP contribution is -2.39. The van der Waals surface area contributed by atoms with Gasteiger partial charge in [0.2, 0.25) is 11.8 Å². The van der Waals surface area contributed by atoms with Crippen molar-refractivity contribution in [2.24, 2.45) is 0 Å². The van der Waals surface area contributed by atoms with Crippen LogP contribution in [0.4, 0.5) is 0 Å². The smallest absolute Gasteiger partial charge is 0.232 e. The van der Waals surface area contributed by atoms with E-state index in [0.29, 0.717) is 12.3 Å². The molecule has 0 bridgehead atoms. The van der Waals surface area contributed by atoms with Gasteiger partial charge >= 0.3 is 0 Å². The van der Waals surface area contributed by atoms with Gasteiger partial charge in [-0.25, -0.2) is 4.98 Å². The van der Waals surface area contributed by atoms with E-state index in [2.05, 4.69) is 40.4 Å². The van der Waals surface area contributed by atoms with Crippen molar-refractivity contribution in [2.45, 2.75) is 57.6 Å². The number of aryl methyl sites for hydroxylation is 2. The molecular formula is C20H25N3O2. The van der Waals surface area contributed by atoms with Crippen molar-refractivity contribution in [1.82, 2.24) is 15.3 Å². The van der Waals surface area contributed by atoms with Crippen LogP contribution in [-0.4, -0.2) is 28.0 Å². The van der Waals surface area contributed by atoms with E-state index in [9.17, 15) is 4.79 Å². The van der Waals surface area contributed by atoms with Crippen molar-refractivity contribution >= 4 is 5.91 Å². The van der Waals surface area contributed by atoms with Gasteiger partial charge < -0.3 is 10.1 Å². The molecule has 132 valence electrons. The molecule has 0 unspecified atom stereocenters. The van der Waals surface area contributed by atoms with Gasteiger partial charge in [0.15, 0.2) is 0 Å². The molecular weight excluding hydrogens is 314 g/mol. The van der Waals surface area contributed by atoms with E-state index in [-0.39, 0.29) is 18.1 Å². The summed E-state index contributed by atoms with van der Waals surface area (Å²) in [5, 5.41) is 3.17. The molecule has 5 nitrogen and oxygen atoms in total. The average molecular weight is 339 g/mol.